The van der Waals surface area contributed by atoms with Gasteiger partial charge in [0.2, 0.25) is 0 Å². The molecule has 7 heteroatoms. The summed E-state index contributed by atoms with van der Waals surface area (Å²) >= 11 is 3.34. The summed E-state index contributed by atoms with van der Waals surface area (Å²) in [6, 6.07) is 3.09. The largest absolute Gasteiger partial charge is 0.493 e. The average molecular weight is 374 g/mol. The molecule has 0 aliphatic heterocycles. The first-order chi connectivity index (χ1) is 10.3. The molecule has 6 nitrogen and oxygen atoms in total. The van der Waals surface area contributed by atoms with Crippen molar-refractivity contribution in [2.75, 3.05) is 27.8 Å². The minimum atomic E-state index is -0.862. The summed E-state index contributed by atoms with van der Waals surface area (Å²) in [5, 5.41) is 0. The van der Waals surface area contributed by atoms with Crippen LogP contribution in [0.3, 0.4) is 0 Å². The zero-order valence-corrected chi connectivity index (χ0v) is 14.9. The summed E-state index contributed by atoms with van der Waals surface area (Å²) in [6.07, 6.45) is -0.862. The van der Waals surface area contributed by atoms with E-state index in [1.807, 2.05) is 6.92 Å². The predicted molar refractivity (Wildman–Crippen MR) is 85.4 cm³/mol. The second-order valence-electron chi connectivity index (χ2n) is 4.70. The van der Waals surface area contributed by atoms with Crippen LogP contribution in [0.1, 0.15) is 24.2 Å². The van der Waals surface area contributed by atoms with Crippen molar-refractivity contribution in [3.63, 3.8) is 0 Å². The summed E-state index contributed by atoms with van der Waals surface area (Å²) in [6.45, 7) is 3.84. The number of methoxy groups -OCH3 is 1. The van der Waals surface area contributed by atoms with Crippen molar-refractivity contribution < 1.29 is 23.8 Å². The lowest BCUT2D eigenvalue weighted by atomic mass is 10.2. The summed E-state index contributed by atoms with van der Waals surface area (Å²) in [7, 11) is 4.68. The molecule has 0 aliphatic rings. The van der Waals surface area contributed by atoms with E-state index < -0.39 is 12.1 Å². The molecule has 0 fully saturated rings. The number of hydrogen-bond acceptors (Lipinski definition) is 5. The third kappa shape index (κ3) is 4.37. The van der Waals surface area contributed by atoms with Crippen LogP contribution in [0.2, 0.25) is 0 Å². The Bertz CT molecular complexity index is 559. The number of rotatable bonds is 6. The maximum absolute atomic E-state index is 12.2. The lowest BCUT2D eigenvalue weighted by Gasteiger charge is -2.18. The van der Waals surface area contributed by atoms with E-state index in [2.05, 4.69) is 15.9 Å². The van der Waals surface area contributed by atoms with E-state index in [0.29, 0.717) is 22.6 Å². The normalized spacial score (nSPS) is 11.5. The molecular weight excluding hydrogens is 354 g/mol. The number of benzene rings is 1. The van der Waals surface area contributed by atoms with E-state index in [4.69, 9.17) is 14.2 Å². The SMILES string of the molecule is CCOc1c(Br)cc(C(=O)O[C@H](C)C(=O)N(C)C)cc1OC. The van der Waals surface area contributed by atoms with Crippen LogP contribution >= 0.6 is 15.9 Å². The zero-order valence-electron chi connectivity index (χ0n) is 13.3. The second kappa shape index (κ2) is 8.03. The number of hydrogen-bond donors (Lipinski definition) is 0. The number of likely N-dealkylation sites (N-methyl/N-ethyl adjacent to an activating group) is 1. The van der Waals surface area contributed by atoms with E-state index in [9.17, 15) is 9.59 Å². The Balaban J connectivity index is 2.99. The summed E-state index contributed by atoms with van der Waals surface area (Å²) < 4.78 is 16.4. The molecule has 0 saturated heterocycles. The number of esters is 1. The Hall–Kier alpha value is -1.76. The molecule has 1 rings (SSSR count). The number of halogens is 1. The first-order valence-corrected chi connectivity index (χ1v) is 7.53. The van der Waals surface area contributed by atoms with E-state index >= 15 is 0 Å². The third-order valence-corrected chi connectivity index (χ3v) is 3.42. The van der Waals surface area contributed by atoms with Crippen molar-refractivity contribution in [1.29, 1.82) is 0 Å². The van der Waals surface area contributed by atoms with E-state index in [-0.39, 0.29) is 11.5 Å². The smallest absolute Gasteiger partial charge is 0.339 e. The summed E-state index contributed by atoms with van der Waals surface area (Å²) in [4.78, 5) is 25.3. The Labute approximate surface area is 138 Å². The highest BCUT2D eigenvalue weighted by Crippen LogP contribution is 2.36. The fourth-order valence-electron chi connectivity index (χ4n) is 1.76. The average Bonchev–Trinajstić information content (AvgIpc) is 2.47. The Morgan fingerprint density at radius 3 is 2.45 bits per heavy atom. The molecule has 0 aliphatic carbocycles. The second-order valence-corrected chi connectivity index (χ2v) is 5.56. The molecule has 1 aromatic rings. The highest BCUT2D eigenvalue weighted by molar-refractivity contribution is 9.10. The van der Waals surface area contributed by atoms with Gasteiger partial charge in [-0.3, -0.25) is 4.79 Å². The van der Waals surface area contributed by atoms with Crippen LogP contribution in [-0.2, 0) is 9.53 Å². The van der Waals surface area contributed by atoms with E-state index in [1.165, 1.54) is 25.0 Å². The van der Waals surface area contributed by atoms with Crippen molar-refractivity contribution >= 4 is 27.8 Å². The maximum atomic E-state index is 12.2. The lowest BCUT2D eigenvalue weighted by Crippen LogP contribution is -2.34. The summed E-state index contributed by atoms with van der Waals surface area (Å²) in [5.41, 5.74) is 0.269. The van der Waals surface area contributed by atoms with Crippen LogP contribution in [0.15, 0.2) is 16.6 Å². The molecule has 0 bridgehead atoms. The molecule has 1 amide bonds. The van der Waals surface area contributed by atoms with E-state index in [1.54, 1.807) is 20.2 Å². The van der Waals surface area contributed by atoms with Gasteiger partial charge in [0.05, 0.1) is 23.8 Å². The minimum absolute atomic E-state index is 0.269. The van der Waals surface area contributed by atoms with Gasteiger partial charge in [0, 0.05) is 14.1 Å². The highest BCUT2D eigenvalue weighted by atomic mass is 79.9. The Kier molecular flexibility index (Phi) is 6.67. The number of amides is 1. The van der Waals surface area contributed by atoms with Crippen molar-refractivity contribution in [2.24, 2.45) is 0 Å². The van der Waals surface area contributed by atoms with Gasteiger partial charge in [-0.25, -0.2) is 4.79 Å². The lowest BCUT2D eigenvalue weighted by molar-refractivity contribution is -0.137. The van der Waals surface area contributed by atoms with Gasteiger partial charge in [-0.15, -0.1) is 0 Å². The number of carbonyl (C=O) groups excluding carboxylic acids is 2. The standard InChI is InChI=1S/C15H20BrNO5/c1-6-21-13-11(16)7-10(8-12(13)20-5)15(19)22-9(2)14(18)17(3)4/h7-9H,6H2,1-5H3/t9-/m1/s1. The maximum Gasteiger partial charge on any atom is 0.339 e. The third-order valence-electron chi connectivity index (χ3n) is 2.83. The van der Waals surface area contributed by atoms with Crippen LogP contribution < -0.4 is 9.47 Å². The van der Waals surface area contributed by atoms with Gasteiger partial charge in [-0.1, -0.05) is 0 Å². The van der Waals surface area contributed by atoms with Gasteiger partial charge >= 0.3 is 5.97 Å². The zero-order chi connectivity index (χ0) is 16.9. The molecule has 0 radical (unpaired) electrons. The van der Waals surface area contributed by atoms with Gasteiger partial charge in [-0.2, -0.15) is 0 Å². The van der Waals surface area contributed by atoms with Gasteiger partial charge in [0.15, 0.2) is 17.6 Å². The molecule has 0 heterocycles. The van der Waals surface area contributed by atoms with Gasteiger partial charge < -0.3 is 19.1 Å². The van der Waals surface area contributed by atoms with Crippen molar-refractivity contribution in [2.45, 2.75) is 20.0 Å². The van der Waals surface area contributed by atoms with Crippen LogP contribution in [-0.4, -0.2) is 50.7 Å². The first kappa shape index (κ1) is 18.3. The Morgan fingerprint density at radius 2 is 1.95 bits per heavy atom. The number of carbonyl (C=O) groups is 2. The van der Waals surface area contributed by atoms with Gasteiger partial charge in [0.1, 0.15) is 0 Å². The monoisotopic (exact) mass is 373 g/mol. The molecule has 0 saturated carbocycles. The van der Waals surface area contributed by atoms with Crippen LogP contribution in [0.5, 0.6) is 11.5 Å². The van der Waals surface area contributed by atoms with Crippen LogP contribution in [0.4, 0.5) is 0 Å². The summed E-state index contributed by atoms with van der Waals surface area (Å²) in [5.74, 6) is 0.0313. The van der Waals surface area contributed by atoms with Gasteiger partial charge in [-0.05, 0) is 41.9 Å². The van der Waals surface area contributed by atoms with Crippen molar-refractivity contribution in [3.05, 3.63) is 22.2 Å². The Morgan fingerprint density at radius 1 is 1.32 bits per heavy atom. The van der Waals surface area contributed by atoms with Gasteiger partial charge in [0.25, 0.3) is 5.91 Å². The molecular formula is C15H20BrNO5. The van der Waals surface area contributed by atoms with E-state index in [0.717, 1.165) is 0 Å². The predicted octanol–water partition coefficient (Wildman–Crippen LogP) is 2.49. The fourth-order valence-corrected chi connectivity index (χ4v) is 2.32. The first-order valence-electron chi connectivity index (χ1n) is 6.74. The highest BCUT2D eigenvalue weighted by Gasteiger charge is 2.22. The van der Waals surface area contributed by atoms with Crippen LogP contribution in [0, 0.1) is 0 Å². The van der Waals surface area contributed by atoms with Crippen molar-refractivity contribution in [1.82, 2.24) is 4.90 Å². The molecule has 1 aromatic carbocycles. The number of nitrogens with zero attached hydrogens (tertiary/aromatic N) is 1. The van der Waals surface area contributed by atoms with Crippen molar-refractivity contribution in [3.8, 4) is 11.5 Å². The fraction of sp³-hybridized carbons (Fsp3) is 0.467. The number of ether oxygens (including phenoxy) is 3. The molecule has 0 spiro atoms. The minimum Gasteiger partial charge on any atom is -0.493 e. The molecule has 0 unspecified atom stereocenters. The molecule has 1 atom stereocenters. The quantitative estimate of drug-likeness (QED) is 0.716. The molecule has 0 N–H and O–H groups in total. The molecule has 0 aromatic heterocycles. The van der Waals surface area contributed by atoms with Crippen LogP contribution in [0.25, 0.3) is 0 Å². The molecule has 122 valence electrons. The topological polar surface area (TPSA) is 65.1 Å². The molecule has 22 heavy (non-hydrogen) atoms.